The Morgan fingerprint density at radius 3 is 2.30 bits per heavy atom. The third kappa shape index (κ3) is 4.27. The molecular weight excluding hydrogens is 326 g/mol. The van der Waals surface area contributed by atoms with Crippen LogP contribution in [0.1, 0.15) is 26.3 Å². The Bertz CT molecular complexity index is 730. The van der Waals surface area contributed by atoms with E-state index in [1.165, 1.54) is 0 Å². The van der Waals surface area contributed by atoms with Crippen molar-refractivity contribution in [2.45, 2.75) is 45.4 Å². The van der Waals surface area contributed by atoms with Gasteiger partial charge < -0.3 is 8.99 Å². The van der Waals surface area contributed by atoms with E-state index in [-0.39, 0.29) is 10.6 Å². The number of pyridine rings is 1. The number of hydrogen-bond acceptors (Lipinski definition) is 2. The quantitative estimate of drug-likeness (QED) is 0.732. The highest BCUT2D eigenvalue weighted by molar-refractivity contribution is 6.74. The van der Waals surface area contributed by atoms with E-state index in [0.717, 1.165) is 5.56 Å². The summed E-state index contributed by atoms with van der Waals surface area (Å²) in [6.07, 6.45) is 1.79. The van der Waals surface area contributed by atoms with Crippen LogP contribution in [0, 0.1) is 0 Å². The highest BCUT2D eigenvalue weighted by Gasteiger charge is 2.39. The topological polar surface area (TPSA) is 31.2 Å². The molecule has 5 heteroatoms. The number of nitrogens with zero attached hydrogens (tertiary/aromatic N) is 1. The molecule has 1 heterocycles. The van der Waals surface area contributed by atoms with E-state index >= 15 is 0 Å². The second kappa shape index (κ2) is 6.54. The Hall–Kier alpha value is -1.52. The molecule has 1 aromatic carbocycles. The predicted molar refractivity (Wildman–Crippen MR) is 99.1 cm³/mol. The van der Waals surface area contributed by atoms with Gasteiger partial charge >= 0.3 is 0 Å². The van der Waals surface area contributed by atoms with E-state index in [2.05, 4.69) is 33.9 Å². The minimum Gasteiger partial charge on any atom is -0.540 e. The summed E-state index contributed by atoms with van der Waals surface area (Å²) < 4.78 is 7.85. The molecular formula is C18H24ClNO2Si. The monoisotopic (exact) mass is 349 g/mol. The number of aromatic nitrogens is 1. The molecule has 0 bridgehead atoms. The fourth-order valence-electron chi connectivity index (χ4n) is 1.93. The predicted octanol–water partition coefficient (Wildman–Crippen LogP) is 4.93. The van der Waals surface area contributed by atoms with Gasteiger partial charge in [-0.2, -0.15) is 0 Å². The Balaban J connectivity index is 2.28. The number of hydrogen-bond donors (Lipinski definition) is 0. The maximum absolute atomic E-state index is 12.7. The van der Waals surface area contributed by atoms with Crippen LogP contribution in [-0.4, -0.2) is 12.9 Å². The second-order valence-corrected chi connectivity index (χ2v) is 12.5. The van der Waals surface area contributed by atoms with Crippen molar-refractivity contribution >= 4 is 19.9 Å². The molecule has 1 aromatic heterocycles. The zero-order valence-corrected chi connectivity index (χ0v) is 16.1. The fraction of sp³-hybridized carbons (Fsp3) is 0.389. The van der Waals surface area contributed by atoms with Crippen LogP contribution in [0.4, 0.5) is 0 Å². The van der Waals surface area contributed by atoms with Crippen molar-refractivity contribution in [3.05, 3.63) is 63.5 Å². The molecule has 0 aliphatic rings. The Labute approximate surface area is 144 Å². The molecule has 0 aliphatic carbocycles. The lowest BCUT2D eigenvalue weighted by atomic mass is 10.2. The van der Waals surface area contributed by atoms with Gasteiger partial charge in [-0.1, -0.05) is 44.5 Å². The molecule has 0 radical (unpaired) electrons. The van der Waals surface area contributed by atoms with Crippen LogP contribution >= 0.6 is 11.6 Å². The summed E-state index contributed by atoms with van der Waals surface area (Å²) in [6.45, 7) is 11.3. The molecule has 0 atom stereocenters. The average Bonchev–Trinajstić information content (AvgIpc) is 2.44. The molecule has 0 fully saturated rings. The molecule has 0 amide bonds. The van der Waals surface area contributed by atoms with Crippen LogP contribution in [0.15, 0.2) is 47.4 Å². The smallest absolute Gasteiger partial charge is 0.291 e. The molecule has 0 saturated carbocycles. The molecule has 124 valence electrons. The fourth-order valence-corrected chi connectivity index (χ4v) is 3.07. The molecule has 2 aromatic rings. The second-order valence-electron chi connectivity index (χ2n) is 7.29. The highest BCUT2D eigenvalue weighted by atomic mass is 35.5. The van der Waals surface area contributed by atoms with E-state index in [9.17, 15) is 4.79 Å². The van der Waals surface area contributed by atoms with Gasteiger partial charge in [0.25, 0.3) is 13.9 Å². The third-order valence-corrected chi connectivity index (χ3v) is 9.02. The molecule has 23 heavy (non-hydrogen) atoms. The Morgan fingerprint density at radius 2 is 1.74 bits per heavy atom. The minimum absolute atomic E-state index is 0.0519. The molecule has 0 spiro atoms. The summed E-state index contributed by atoms with van der Waals surface area (Å²) in [5.41, 5.74) is 0.938. The van der Waals surface area contributed by atoms with Gasteiger partial charge in [0.2, 0.25) is 0 Å². The molecule has 2 rings (SSSR count). The van der Waals surface area contributed by atoms with Gasteiger partial charge in [-0.05, 0) is 48.0 Å². The molecule has 0 saturated heterocycles. The lowest BCUT2D eigenvalue weighted by Crippen LogP contribution is -2.45. The van der Waals surface area contributed by atoms with Crippen molar-refractivity contribution < 1.29 is 4.43 Å². The van der Waals surface area contributed by atoms with E-state index in [0.29, 0.717) is 17.3 Å². The lowest BCUT2D eigenvalue weighted by molar-refractivity contribution is 0.480. The highest BCUT2D eigenvalue weighted by Crippen LogP contribution is 2.36. The van der Waals surface area contributed by atoms with Gasteiger partial charge in [-0.3, -0.25) is 4.79 Å². The minimum atomic E-state index is -2.03. The maximum atomic E-state index is 12.7. The van der Waals surface area contributed by atoms with Crippen molar-refractivity contribution in [1.29, 1.82) is 0 Å². The van der Waals surface area contributed by atoms with Gasteiger partial charge in [-0.15, -0.1) is 0 Å². The number of halogens is 1. The van der Waals surface area contributed by atoms with E-state index < -0.39 is 8.32 Å². The van der Waals surface area contributed by atoms with Crippen LogP contribution in [0.2, 0.25) is 23.2 Å². The number of rotatable bonds is 4. The zero-order valence-electron chi connectivity index (χ0n) is 14.4. The zero-order chi connectivity index (χ0) is 17.3. The summed E-state index contributed by atoms with van der Waals surface area (Å²) in [7, 11) is -2.03. The summed E-state index contributed by atoms with van der Waals surface area (Å²) in [4.78, 5) is 12.7. The van der Waals surface area contributed by atoms with Gasteiger partial charge in [0.15, 0.2) is 5.75 Å². The van der Waals surface area contributed by atoms with Crippen LogP contribution in [-0.2, 0) is 6.54 Å². The van der Waals surface area contributed by atoms with Gasteiger partial charge in [0, 0.05) is 11.2 Å². The molecule has 0 unspecified atom stereocenters. The van der Waals surface area contributed by atoms with E-state index in [1.807, 2.05) is 30.3 Å². The summed E-state index contributed by atoms with van der Waals surface area (Å²) in [5, 5.41) is 0.743. The first-order chi connectivity index (χ1) is 10.6. The van der Waals surface area contributed by atoms with E-state index in [1.54, 1.807) is 16.8 Å². The third-order valence-electron chi connectivity index (χ3n) is 4.42. The van der Waals surface area contributed by atoms with Gasteiger partial charge in [0.05, 0.1) is 6.54 Å². The van der Waals surface area contributed by atoms with Gasteiger partial charge in [0.1, 0.15) is 0 Å². The molecule has 3 nitrogen and oxygen atoms in total. The van der Waals surface area contributed by atoms with Crippen molar-refractivity contribution in [2.75, 3.05) is 0 Å². The first-order valence-corrected chi connectivity index (χ1v) is 11.0. The van der Waals surface area contributed by atoms with E-state index in [4.69, 9.17) is 16.0 Å². The van der Waals surface area contributed by atoms with Crippen molar-refractivity contribution in [3.63, 3.8) is 0 Å². The van der Waals surface area contributed by atoms with Gasteiger partial charge in [-0.25, -0.2) is 0 Å². The van der Waals surface area contributed by atoms with Crippen molar-refractivity contribution in [2.24, 2.45) is 0 Å². The summed E-state index contributed by atoms with van der Waals surface area (Å²) in [6, 6.07) is 11.1. The average molecular weight is 350 g/mol. The summed E-state index contributed by atoms with van der Waals surface area (Å²) >= 11 is 5.90. The first kappa shape index (κ1) is 17.8. The maximum Gasteiger partial charge on any atom is 0.291 e. The standard InChI is InChI=1S/C18H24ClNO2Si/c1-18(2,3)23(4,5)22-16-7-6-12-20(17(16)21)13-14-8-10-15(19)11-9-14/h6-12H,13H2,1-5H3. The first-order valence-electron chi connectivity index (χ1n) is 7.73. The lowest BCUT2D eigenvalue weighted by Gasteiger charge is -2.36. The van der Waals surface area contributed by atoms with Crippen LogP contribution in [0.5, 0.6) is 5.75 Å². The molecule has 0 N–H and O–H groups in total. The SMILES string of the molecule is CC(C)(C)[Si](C)(C)Oc1cccn(Cc2ccc(Cl)cc2)c1=O. The molecule has 0 aliphatic heterocycles. The normalized spacial score (nSPS) is 12.3. The Morgan fingerprint density at radius 1 is 1.13 bits per heavy atom. The van der Waals surface area contributed by atoms with Crippen LogP contribution in [0.25, 0.3) is 0 Å². The summed E-state index contributed by atoms with van der Waals surface area (Å²) in [5.74, 6) is 0.438. The van der Waals surface area contributed by atoms with Crippen molar-refractivity contribution in [3.8, 4) is 5.75 Å². The van der Waals surface area contributed by atoms with Crippen molar-refractivity contribution in [1.82, 2.24) is 4.57 Å². The Kier molecular flexibility index (Phi) is 5.06. The number of benzene rings is 1. The van der Waals surface area contributed by atoms with Crippen LogP contribution < -0.4 is 9.99 Å². The largest absolute Gasteiger partial charge is 0.540 e. The van der Waals surface area contributed by atoms with Crippen LogP contribution in [0.3, 0.4) is 0 Å².